The van der Waals surface area contributed by atoms with E-state index in [1.165, 1.54) is 16.0 Å². The quantitative estimate of drug-likeness (QED) is 0.916. The van der Waals surface area contributed by atoms with E-state index in [2.05, 4.69) is 36.4 Å². The van der Waals surface area contributed by atoms with Gasteiger partial charge in [-0.15, -0.1) is 0 Å². The van der Waals surface area contributed by atoms with E-state index in [0.29, 0.717) is 13.1 Å². The summed E-state index contributed by atoms with van der Waals surface area (Å²) >= 11 is 0. The van der Waals surface area contributed by atoms with Crippen molar-refractivity contribution in [3.05, 3.63) is 70.8 Å². The number of hydrogen-bond acceptors (Lipinski definition) is 1. The van der Waals surface area contributed by atoms with Gasteiger partial charge in [0.15, 0.2) is 0 Å². The van der Waals surface area contributed by atoms with E-state index in [-0.39, 0.29) is 5.92 Å². The predicted octanol–water partition coefficient (Wildman–Crippen LogP) is 4.30. The Balaban J connectivity index is 2.11. The average Bonchev–Trinajstić information content (AvgIpc) is 2.69. The summed E-state index contributed by atoms with van der Waals surface area (Å²) in [4.78, 5) is 12.9. The van der Waals surface area contributed by atoms with Gasteiger partial charge >= 0.3 is 6.09 Å². The van der Waals surface area contributed by atoms with Gasteiger partial charge in [-0.2, -0.15) is 0 Å². The molecule has 0 aromatic heterocycles. The largest absolute Gasteiger partial charge is 0.465 e. The highest BCUT2D eigenvalue weighted by molar-refractivity contribution is 5.76. The van der Waals surface area contributed by atoms with E-state index in [4.69, 9.17) is 0 Å². The van der Waals surface area contributed by atoms with Gasteiger partial charge < -0.3 is 10.0 Å². The van der Waals surface area contributed by atoms with Crippen molar-refractivity contribution >= 4 is 18.2 Å². The molecule has 0 fully saturated rings. The second kappa shape index (κ2) is 6.06. The Morgan fingerprint density at radius 3 is 1.95 bits per heavy atom. The molecule has 2 aromatic carbocycles. The van der Waals surface area contributed by atoms with Crippen LogP contribution in [0.2, 0.25) is 0 Å². The summed E-state index contributed by atoms with van der Waals surface area (Å²) in [6.07, 6.45) is 3.37. The van der Waals surface area contributed by atoms with E-state index in [1.807, 2.05) is 31.2 Å². The fraction of sp³-hybridized carbons (Fsp3) is 0.211. The Kier molecular flexibility index (Phi) is 3.96. The van der Waals surface area contributed by atoms with Crippen LogP contribution in [0.25, 0.3) is 12.2 Å². The minimum Gasteiger partial charge on any atom is -0.465 e. The number of rotatable bonds is 3. The van der Waals surface area contributed by atoms with Gasteiger partial charge in [-0.05, 0) is 29.2 Å². The third kappa shape index (κ3) is 2.62. The molecule has 0 saturated carbocycles. The summed E-state index contributed by atoms with van der Waals surface area (Å²) < 4.78 is 0. The normalized spacial score (nSPS) is 13.1. The molecular formula is C19H19NO2. The topological polar surface area (TPSA) is 40.5 Å². The minimum absolute atomic E-state index is 0.0541. The van der Waals surface area contributed by atoms with E-state index in [1.54, 1.807) is 0 Å². The summed E-state index contributed by atoms with van der Waals surface area (Å²) in [5.74, 6) is 0.0541. The Morgan fingerprint density at radius 2 is 1.50 bits per heavy atom. The molecule has 1 aliphatic rings. The van der Waals surface area contributed by atoms with Crippen LogP contribution in [-0.2, 0) is 0 Å². The third-order valence-corrected chi connectivity index (χ3v) is 4.24. The molecule has 0 spiro atoms. The molecule has 0 bridgehead atoms. The fourth-order valence-corrected chi connectivity index (χ4v) is 3.07. The molecular weight excluding hydrogens is 274 g/mol. The lowest BCUT2D eigenvalue weighted by atomic mass is 9.87. The second-order valence-electron chi connectivity index (χ2n) is 5.46. The number of fused-ring (bicyclic) bond motifs is 2. The van der Waals surface area contributed by atoms with Gasteiger partial charge in [-0.3, -0.25) is 0 Å². The molecule has 3 heteroatoms. The number of carboxylic acid groups (broad SMARTS) is 1. The number of amides is 1. The van der Waals surface area contributed by atoms with Gasteiger partial charge in [0.05, 0.1) is 0 Å². The van der Waals surface area contributed by atoms with Crippen LogP contribution in [-0.4, -0.2) is 29.2 Å². The van der Waals surface area contributed by atoms with E-state index < -0.39 is 6.09 Å². The number of likely N-dealkylation sites (N-methyl/N-ethyl adjacent to an activating group) is 1. The van der Waals surface area contributed by atoms with Crippen LogP contribution in [0.15, 0.2) is 48.5 Å². The molecule has 0 radical (unpaired) electrons. The van der Waals surface area contributed by atoms with Crippen molar-refractivity contribution in [1.82, 2.24) is 4.90 Å². The van der Waals surface area contributed by atoms with Crippen LogP contribution < -0.4 is 0 Å². The molecule has 3 rings (SSSR count). The van der Waals surface area contributed by atoms with Crippen molar-refractivity contribution in [1.29, 1.82) is 0 Å². The predicted molar refractivity (Wildman–Crippen MR) is 88.9 cm³/mol. The Bertz CT molecular complexity index is 671. The summed E-state index contributed by atoms with van der Waals surface area (Å²) in [6, 6.07) is 16.4. The maximum atomic E-state index is 11.4. The second-order valence-corrected chi connectivity index (χ2v) is 5.46. The number of benzene rings is 2. The number of hydrogen-bond donors (Lipinski definition) is 1. The lowest BCUT2D eigenvalue weighted by Crippen LogP contribution is -2.33. The Hall–Kier alpha value is -2.55. The first-order chi connectivity index (χ1) is 10.7. The molecule has 1 aliphatic carbocycles. The SMILES string of the molecule is CCN(CC1c2ccccc2C=Cc2ccccc21)C(=O)O. The monoisotopic (exact) mass is 293 g/mol. The summed E-state index contributed by atoms with van der Waals surface area (Å²) in [5.41, 5.74) is 4.68. The first-order valence-electron chi connectivity index (χ1n) is 7.54. The van der Waals surface area contributed by atoms with Crippen molar-refractivity contribution in [2.24, 2.45) is 0 Å². The van der Waals surface area contributed by atoms with Crippen LogP contribution >= 0.6 is 0 Å². The minimum atomic E-state index is -0.866. The maximum Gasteiger partial charge on any atom is 0.407 e. The molecule has 0 heterocycles. The zero-order chi connectivity index (χ0) is 15.5. The standard InChI is InChI=1S/C19H19NO2/c1-2-20(19(21)22)13-18-16-9-5-3-7-14(16)11-12-15-8-4-6-10-17(15)18/h3-12,18H,2,13H2,1H3,(H,21,22). The lowest BCUT2D eigenvalue weighted by Gasteiger charge is -2.26. The van der Waals surface area contributed by atoms with Crippen molar-refractivity contribution in [2.45, 2.75) is 12.8 Å². The Labute approximate surface area is 130 Å². The van der Waals surface area contributed by atoms with Crippen molar-refractivity contribution in [2.75, 3.05) is 13.1 Å². The van der Waals surface area contributed by atoms with Gasteiger partial charge in [0, 0.05) is 19.0 Å². The van der Waals surface area contributed by atoms with Gasteiger partial charge in [-0.25, -0.2) is 4.79 Å². The molecule has 0 unspecified atom stereocenters. The smallest absolute Gasteiger partial charge is 0.407 e. The van der Waals surface area contributed by atoms with Crippen LogP contribution in [0.3, 0.4) is 0 Å². The van der Waals surface area contributed by atoms with Crippen molar-refractivity contribution < 1.29 is 9.90 Å². The highest BCUT2D eigenvalue weighted by Crippen LogP contribution is 2.35. The van der Waals surface area contributed by atoms with E-state index >= 15 is 0 Å². The number of carbonyl (C=O) groups is 1. The van der Waals surface area contributed by atoms with Crippen LogP contribution in [0, 0.1) is 0 Å². The van der Waals surface area contributed by atoms with E-state index in [9.17, 15) is 9.90 Å². The van der Waals surface area contributed by atoms with Crippen LogP contribution in [0.4, 0.5) is 4.79 Å². The van der Waals surface area contributed by atoms with Crippen molar-refractivity contribution in [3.63, 3.8) is 0 Å². The molecule has 112 valence electrons. The zero-order valence-electron chi connectivity index (χ0n) is 12.6. The first kappa shape index (κ1) is 14.4. The maximum absolute atomic E-state index is 11.4. The van der Waals surface area contributed by atoms with Gasteiger partial charge in [0.2, 0.25) is 0 Å². The van der Waals surface area contributed by atoms with Gasteiger partial charge in [0.25, 0.3) is 0 Å². The number of nitrogens with zero attached hydrogens (tertiary/aromatic N) is 1. The molecule has 1 amide bonds. The van der Waals surface area contributed by atoms with Gasteiger partial charge in [-0.1, -0.05) is 60.7 Å². The molecule has 0 atom stereocenters. The summed E-state index contributed by atoms with van der Waals surface area (Å²) in [5, 5.41) is 9.38. The highest BCUT2D eigenvalue weighted by atomic mass is 16.4. The summed E-state index contributed by atoms with van der Waals surface area (Å²) in [7, 11) is 0. The third-order valence-electron chi connectivity index (χ3n) is 4.24. The molecule has 2 aromatic rings. The first-order valence-corrected chi connectivity index (χ1v) is 7.54. The zero-order valence-corrected chi connectivity index (χ0v) is 12.6. The fourth-order valence-electron chi connectivity index (χ4n) is 3.07. The Morgan fingerprint density at radius 1 is 1.00 bits per heavy atom. The lowest BCUT2D eigenvalue weighted by molar-refractivity contribution is 0.146. The molecule has 3 nitrogen and oxygen atoms in total. The molecule has 0 saturated heterocycles. The van der Waals surface area contributed by atoms with Crippen LogP contribution in [0.1, 0.15) is 35.1 Å². The molecule has 0 aliphatic heterocycles. The van der Waals surface area contributed by atoms with Crippen molar-refractivity contribution in [3.8, 4) is 0 Å². The highest BCUT2D eigenvalue weighted by Gasteiger charge is 2.24. The average molecular weight is 293 g/mol. The van der Waals surface area contributed by atoms with Crippen LogP contribution in [0.5, 0.6) is 0 Å². The van der Waals surface area contributed by atoms with Gasteiger partial charge in [0.1, 0.15) is 0 Å². The summed E-state index contributed by atoms with van der Waals surface area (Å²) in [6.45, 7) is 2.84. The molecule has 22 heavy (non-hydrogen) atoms. The molecule has 1 N–H and O–H groups in total. The van der Waals surface area contributed by atoms with E-state index in [0.717, 1.165) is 11.1 Å².